The van der Waals surface area contributed by atoms with Gasteiger partial charge in [-0.15, -0.1) is 0 Å². The third kappa shape index (κ3) is 9.30. The van der Waals surface area contributed by atoms with Gasteiger partial charge in [0.05, 0.1) is 0 Å². The molecule has 0 bridgehead atoms. The van der Waals surface area contributed by atoms with E-state index in [4.69, 9.17) is 0 Å². The first-order chi connectivity index (χ1) is 14.0. The summed E-state index contributed by atoms with van der Waals surface area (Å²) in [5.41, 5.74) is 0.896. The molecule has 0 atom stereocenters. The molecule has 2 rings (SSSR count). The summed E-state index contributed by atoms with van der Waals surface area (Å²) >= 11 is 0. The van der Waals surface area contributed by atoms with E-state index in [1.807, 2.05) is 0 Å². The minimum absolute atomic E-state index is 0.0208. The van der Waals surface area contributed by atoms with Crippen molar-refractivity contribution in [2.24, 2.45) is 0 Å². The third-order valence-corrected chi connectivity index (χ3v) is 3.27. The minimum atomic E-state index is -4.50. The number of urea groups is 1. The number of carbonyl (C=O) groups is 1. The van der Waals surface area contributed by atoms with Crippen molar-refractivity contribution in [3.63, 3.8) is 0 Å². The number of hydrogen-bond donors (Lipinski definition) is 2. The van der Waals surface area contributed by atoms with E-state index in [1.54, 1.807) is 0 Å². The Morgan fingerprint density at radius 1 is 0.800 bits per heavy atom. The number of nitrogens with one attached hydrogen (secondary N) is 2. The molecule has 0 aromatic carbocycles. The Bertz CT molecular complexity index is 777. The van der Waals surface area contributed by atoms with Crippen LogP contribution in [0.5, 0.6) is 11.8 Å². The number of pyridine rings is 2. The molecule has 2 aromatic rings. The molecule has 7 nitrogen and oxygen atoms in total. The number of halogens is 6. The molecule has 0 saturated heterocycles. The van der Waals surface area contributed by atoms with E-state index in [2.05, 4.69) is 30.1 Å². The fourth-order valence-corrected chi connectivity index (χ4v) is 2.02. The molecule has 2 heterocycles. The van der Waals surface area contributed by atoms with Crippen molar-refractivity contribution in [1.29, 1.82) is 0 Å². The van der Waals surface area contributed by atoms with Crippen LogP contribution < -0.4 is 20.1 Å². The number of amides is 2. The van der Waals surface area contributed by atoms with Crippen molar-refractivity contribution >= 4 is 6.03 Å². The number of aromatic nitrogens is 2. The number of alkyl halides is 6. The Morgan fingerprint density at radius 3 is 1.57 bits per heavy atom. The highest BCUT2D eigenvalue weighted by molar-refractivity contribution is 5.73. The first kappa shape index (κ1) is 23.0. The lowest BCUT2D eigenvalue weighted by Crippen LogP contribution is -2.34. The molecule has 0 saturated carbocycles. The van der Waals surface area contributed by atoms with Crippen LogP contribution >= 0.6 is 0 Å². The highest BCUT2D eigenvalue weighted by atomic mass is 19.4. The zero-order chi connectivity index (χ0) is 22.2. The van der Waals surface area contributed by atoms with Gasteiger partial charge >= 0.3 is 18.4 Å². The van der Waals surface area contributed by atoms with E-state index in [9.17, 15) is 31.1 Å². The Balaban J connectivity index is 1.79. The van der Waals surface area contributed by atoms with E-state index in [-0.39, 0.29) is 24.8 Å². The molecule has 2 aromatic heterocycles. The number of carbonyl (C=O) groups excluding carboxylic acids is 1. The first-order valence-electron chi connectivity index (χ1n) is 8.31. The average Bonchev–Trinajstić information content (AvgIpc) is 2.67. The van der Waals surface area contributed by atoms with E-state index in [0.29, 0.717) is 11.1 Å². The maximum absolute atomic E-state index is 12.2. The number of rotatable bonds is 8. The molecular weight excluding hydrogens is 422 g/mol. The summed E-state index contributed by atoms with van der Waals surface area (Å²) in [4.78, 5) is 19.2. The molecule has 0 aliphatic heterocycles. The van der Waals surface area contributed by atoms with Crippen LogP contribution in [0.25, 0.3) is 0 Å². The molecule has 2 amide bonds. The standard InChI is InChI=1S/C17H16F6N4O3/c18-16(19,20)9-29-13-5-11(1-3-24-13)7-26-15(28)27-8-12-2-4-25-14(6-12)30-10-17(21,22)23/h1-6H,7-10H2,(H2,26,27,28). The van der Waals surface area contributed by atoms with Gasteiger partial charge in [-0.3, -0.25) is 0 Å². The van der Waals surface area contributed by atoms with E-state index in [0.717, 1.165) is 0 Å². The van der Waals surface area contributed by atoms with Gasteiger partial charge in [0.1, 0.15) is 0 Å². The zero-order valence-electron chi connectivity index (χ0n) is 15.2. The Labute approximate surface area is 166 Å². The number of nitrogens with zero attached hydrogens (tertiary/aromatic N) is 2. The Kier molecular flexibility index (Phi) is 7.66. The van der Waals surface area contributed by atoms with Gasteiger partial charge in [-0.2, -0.15) is 26.3 Å². The van der Waals surface area contributed by atoms with Crippen molar-refractivity contribution in [3.05, 3.63) is 47.8 Å². The van der Waals surface area contributed by atoms with Crippen molar-refractivity contribution < 1.29 is 40.6 Å². The third-order valence-electron chi connectivity index (χ3n) is 3.27. The van der Waals surface area contributed by atoms with Gasteiger partial charge in [0.25, 0.3) is 0 Å². The molecular formula is C17H16F6N4O3. The molecule has 13 heteroatoms. The van der Waals surface area contributed by atoms with Gasteiger partial charge in [-0.1, -0.05) is 0 Å². The lowest BCUT2D eigenvalue weighted by Gasteiger charge is -2.11. The molecule has 0 fully saturated rings. The molecule has 0 aliphatic rings. The summed E-state index contributed by atoms with van der Waals surface area (Å²) < 4.78 is 82.0. The fraction of sp³-hybridized carbons (Fsp3) is 0.353. The molecule has 164 valence electrons. The maximum Gasteiger partial charge on any atom is 0.422 e. The van der Waals surface area contributed by atoms with Gasteiger partial charge in [0.2, 0.25) is 11.8 Å². The quantitative estimate of drug-likeness (QED) is 0.618. The van der Waals surface area contributed by atoms with E-state index in [1.165, 1.54) is 36.7 Å². The van der Waals surface area contributed by atoms with Crippen LogP contribution in [0.15, 0.2) is 36.7 Å². The SMILES string of the molecule is O=C(NCc1ccnc(OCC(F)(F)F)c1)NCc1ccnc(OCC(F)(F)F)c1. The normalized spacial score (nSPS) is 11.7. The summed E-state index contributed by atoms with van der Waals surface area (Å²) in [7, 11) is 0. The molecule has 0 radical (unpaired) electrons. The van der Waals surface area contributed by atoms with Crippen LogP contribution in [0.2, 0.25) is 0 Å². The Morgan fingerprint density at radius 2 is 1.20 bits per heavy atom. The van der Waals surface area contributed by atoms with Gasteiger partial charge in [0.15, 0.2) is 13.2 Å². The van der Waals surface area contributed by atoms with Crippen LogP contribution in [0.3, 0.4) is 0 Å². The van der Waals surface area contributed by atoms with Gasteiger partial charge in [-0.25, -0.2) is 14.8 Å². The maximum atomic E-state index is 12.2. The van der Waals surface area contributed by atoms with Crippen molar-refractivity contribution in [3.8, 4) is 11.8 Å². The van der Waals surface area contributed by atoms with Crippen molar-refractivity contribution in [1.82, 2.24) is 20.6 Å². The predicted octanol–water partition coefficient (Wildman–Crippen LogP) is 3.36. The summed E-state index contributed by atoms with van der Waals surface area (Å²) in [5, 5.41) is 4.95. The topological polar surface area (TPSA) is 85.4 Å². The fourth-order valence-electron chi connectivity index (χ4n) is 2.02. The van der Waals surface area contributed by atoms with Crippen LogP contribution in [0.1, 0.15) is 11.1 Å². The van der Waals surface area contributed by atoms with Gasteiger partial charge in [0, 0.05) is 37.6 Å². The molecule has 0 spiro atoms. The average molecular weight is 438 g/mol. The molecule has 2 N–H and O–H groups in total. The summed E-state index contributed by atoms with van der Waals surface area (Å²) in [6.07, 6.45) is -6.53. The van der Waals surface area contributed by atoms with Crippen molar-refractivity contribution in [2.45, 2.75) is 25.4 Å². The van der Waals surface area contributed by atoms with Gasteiger partial charge < -0.3 is 20.1 Å². The lowest BCUT2D eigenvalue weighted by atomic mass is 10.2. The highest BCUT2D eigenvalue weighted by Gasteiger charge is 2.29. The summed E-state index contributed by atoms with van der Waals surface area (Å²) in [6.45, 7) is -3.02. The zero-order valence-corrected chi connectivity index (χ0v) is 15.2. The second kappa shape index (κ2) is 9.98. The molecule has 0 aliphatic carbocycles. The monoisotopic (exact) mass is 438 g/mol. The number of ether oxygens (including phenoxy) is 2. The highest BCUT2D eigenvalue weighted by Crippen LogP contribution is 2.18. The predicted molar refractivity (Wildman–Crippen MR) is 90.6 cm³/mol. The number of hydrogen-bond acceptors (Lipinski definition) is 5. The van der Waals surface area contributed by atoms with Crippen LogP contribution in [0, 0.1) is 0 Å². The van der Waals surface area contributed by atoms with Gasteiger partial charge in [-0.05, 0) is 23.3 Å². The first-order valence-corrected chi connectivity index (χ1v) is 8.31. The Hall–Kier alpha value is -3.25. The summed E-state index contributed by atoms with van der Waals surface area (Å²) in [5.74, 6) is -0.481. The minimum Gasteiger partial charge on any atom is -0.468 e. The molecule has 30 heavy (non-hydrogen) atoms. The second-order valence-electron chi connectivity index (χ2n) is 5.85. The van der Waals surface area contributed by atoms with E-state index < -0.39 is 31.6 Å². The lowest BCUT2D eigenvalue weighted by molar-refractivity contribution is -0.154. The van der Waals surface area contributed by atoms with Crippen LogP contribution in [0.4, 0.5) is 31.1 Å². The molecule has 0 unspecified atom stereocenters. The van der Waals surface area contributed by atoms with E-state index >= 15 is 0 Å². The van der Waals surface area contributed by atoms with Crippen LogP contribution in [-0.4, -0.2) is 41.6 Å². The largest absolute Gasteiger partial charge is 0.468 e. The van der Waals surface area contributed by atoms with Crippen molar-refractivity contribution in [2.75, 3.05) is 13.2 Å². The summed E-state index contributed by atoms with van der Waals surface area (Å²) in [6, 6.07) is 4.85. The smallest absolute Gasteiger partial charge is 0.422 e. The second-order valence-corrected chi connectivity index (χ2v) is 5.85. The van der Waals surface area contributed by atoms with Crippen LogP contribution in [-0.2, 0) is 13.1 Å².